The van der Waals surface area contributed by atoms with Crippen LogP contribution in [-0.4, -0.2) is 25.4 Å². The zero-order valence-corrected chi connectivity index (χ0v) is 11.0. The minimum absolute atomic E-state index is 0.160. The van der Waals surface area contributed by atoms with Gasteiger partial charge in [-0.15, -0.1) is 0 Å². The highest BCUT2D eigenvalue weighted by Gasteiger charge is 2.08. The van der Waals surface area contributed by atoms with E-state index in [4.69, 9.17) is 9.47 Å². The van der Waals surface area contributed by atoms with Crippen molar-refractivity contribution in [2.24, 2.45) is 0 Å². The Morgan fingerprint density at radius 2 is 2.28 bits per heavy atom. The maximum Gasteiger partial charge on any atom is 0.160 e. The summed E-state index contributed by atoms with van der Waals surface area (Å²) in [5, 5.41) is 12.9. The van der Waals surface area contributed by atoms with Gasteiger partial charge in [0, 0.05) is 6.04 Å². The van der Waals surface area contributed by atoms with E-state index in [1.165, 1.54) is 6.26 Å². The Morgan fingerprint density at radius 1 is 1.50 bits per heavy atom. The molecular weight excluding hydrogens is 230 g/mol. The molecule has 0 amide bonds. The maximum atomic E-state index is 9.52. The Labute approximate surface area is 108 Å². The van der Waals surface area contributed by atoms with Gasteiger partial charge in [0.1, 0.15) is 0 Å². The Morgan fingerprint density at radius 3 is 2.94 bits per heavy atom. The van der Waals surface area contributed by atoms with Crippen LogP contribution in [0, 0.1) is 0 Å². The van der Waals surface area contributed by atoms with E-state index >= 15 is 0 Å². The molecule has 0 aliphatic carbocycles. The van der Waals surface area contributed by atoms with Crippen molar-refractivity contribution in [1.29, 1.82) is 0 Å². The first-order valence-corrected chi connectivity index (χ1v) is 6.01. The monoisotopic (exact) mass is 251 g/mol. The molecule has 0 saturated heterocycles. The van der Waals surface area contributed by atoms with E-state index in [1.54, 1.807) is 13.2 Å². The zero-order chi connectivity index (χ0) is 13.4. The highest BCUT2D eigenvalue weighted by atomic mass is 16.5. The zero-order valence-electron chi connectivity index (χ0n) is 11.0. The summed E-state index contributed by atoms with van der Waals surface area (Å²) in [5.74, 6) is 0.656. The van der Waals surface area contributed by atoms with Gasteiger partial charge in [0.2, 0.25) is 0 Å². The van der Waals surface area contributed by atoms with E-state index in [2.05, 4.69) is 18.8 Å². The van der Waals surface area contributed by atoms with Crippen LogP contribution in [-0.2, 0) is 4.74 Å². The third-order valence-electron chi connectivity index (χ3n) is 2.71. The second-order valence-electron chi connectivity index (χ2n) is 4.00. The third-order valence-corrected chi connectivity index (χ3v) is 2.71. The molecule has 18 heavy (non-hydrogen) atoms. The minimum Gasteiger partial charge on any atom is -0.504 e. The number of rotatable bonds is 8. The van der Waals surface area contributed by atoms with Crippen LogP contribution in [0.1, 0.15) is 24.9 Å². The molecule has 100 valence electrons. The Balaban J connectivity index is 2.45. The molecule has 0 radical (unpaired) electrons. The number of hydrogen-bond acceptors (Lipinski definition) is 4. The maximum absolute atomic E-state index is 9.52. The second-order valence-corrected chi connectivity index (χ2v) is 4.00. The van der Waals surface area contributed by atoms with Crippen LogP contribution < -0.4 is 10.1 Å². The van der Waals surface area contributed by atoms with E-state index < -0.39 is 0 Å². The van der Waals surface area contributed by atoms with Gasteiger partial charge in [-0.25, -0.2) is 0 Å². The first-order chi connectivity index (χ1) is 8.69. The van der Waals surface area contributed by atoms with Crippen molar-refractivity contribution in [3.63, 3.8) is 0 Å². The van der Waals surface area contributed by atoms with E-state index in [9.17, 15) is 5.11 Å². The van der Waals surface area contributed by atoms with Gasteiger partial charge in [0.05, 0.1) is 20.0 Å². The topological polar surface area (TPSA) is 50.7 Å². The molecule has 0 aromatic heterocycles. The largest absolute Gasteiger partial charge is 0.504 e. The summed E-state index contributed by atoms with van der Waals surface area (Å²) in [6, 6.07) is 5.57. The van der Waals surface area contributed by atoms with Gasteiger partial charge in [-0.3, -0.25) is 0 Å². The standard InChI is InChI=1S/C14H21NO3/c1-4-18-9-5-8-15-11(2)12-6-7-13(16)14(10-12)17-3/h4,6-7,10-11,15-16H,1,5,8-9H2,2-3H3. The number of hydrogen-bond donors (Lipinski definition) is 2. The Kier molecular flexibility index (Phi) is 6.08. The third kappa shape index (κ3) is 4.30. The quantitative estimate of drug-likeness (QED) is 0.551. The minimum atomic E-state index is 0.160. The summed E-state index contributed by atoms with van der Waals surface area (Å²) in [5.41, 5.74) is 1.08. The predicted octanol–water partition coefficient (Wildman–Crippen LogP) is 2.60. The fourth-order valence-corrected chi connectivity index (χ4v) is 1.64. The Hall–Kier alpha value is -1.68. The number of phenols is 1. The molecule has 4 nitrogen and oxygen atoms in total. The first-order valence-electron chi connectivity index (χ1n) is 6.01. The van der Waals surface area contributed by atoms with Crippen LogP contribution in [0.5, 0.6) is 11.5 Å². The summed E-state index contributed by atoms with van der Waals surface area (Å²) in [4.78, 5) is 0. The van der Waals surface area contributed by atoms with Gasteiger partial charge in [-0.2, -0.15) is 0 Å². The fraction of sp³-hybridized carbons (Fsp3) is 0.429. The van der Waals surface area contributed by atoms with E-state index in [-0.39, 0.29) is 11.8 Å². The summed E-state index contributed by atoms with van der Waals surface area (Å²) in [6.07, 6.45) is 2.37. The second kappa shape index (κ2) is 7.61. The van der Waals surface area contributed by atoms with Crippen molar-refractivity contribution < 1.29 is 14.6 Å². The van der Waals surface area contributed by atoms with Gasteiger partial charge in [0.25, 0.3) is 0 Å². The Bertz CT molecular complexity index is 379. The van der Waals surface area contributed by atoms with Crippen LogP contribution in [0.3, 0.4) is 0 Å². The summed E-state index contributed by atoms with van der Waals surface area (Å²) in [6.45, 7) is 7.09. The molecule has 1 unspecified atom stereocenters. The van der Waals surface area contributed by atoms with Crippen molar-refractivity contribution in [3.8, 4) is 11.5 Å². The number of phenolic OH excluding ortho intramolecular Hbond substituents is 1. The van der Waals surface area contributed by atoms with Crippen LogP contribution in [0.15, 0.2) is 31.0 Å². The lowest BCUT2D eigenvalue weighted by Gasteiger charge is -2.15. The molecule has 0 saturated carbocycles. The lowest BCUT2D eigenvalue weighted by atomic mass is 10.1. The molecule has 0 aliphatic heterocycles. The number of methoxy groups -OCH3 is 1. The van der Waals surface area contributed by atoms with Gasteiger partial charge < -0.3 is 19.9 Å². The molecule has 1 atom stereocenters. The summed E-state index contributed by atoms with van der Waals surface area (Å²) < 4.78 is 10.1. The highest BCUT2D eigenvalue weighted by Crippen LogP contribution is 2.28. The lowest BCUT2D eigenvalue weighted by Crippen LogP contribution is -2.20. The number of aromatic hydroxyl groups is 1. The van der Waals surface area contributed by atoms with Gasteiger partial charge in [-0.05, 0) is 37.6 Å². The van der Waals surface area contributed by atoms with E-state index in [0.717, 1.165) is 18.5 Å². The molecule has 1 rings (SSSR count). The van der Waals surface area contributed by atoms with Crippen molar-refractivity contribution in [3.05, 3.63) is 36.6 Å². The van der Waals surface area contributed by atoms with E-state index in [1.807, 2.05) is 12.1 Å². The first kappa shape index (κ1) is 14.4. The fourth-order valence-electron chi connectivity index (χ4n) is 1.64. The van der Waals surface area contributed by atoms with Crippen LogP contribution in [0.4, 0.5) is 0 Å². The average Bonchev–Trinajstić information content (AvgIpc) is 2.38. The summed E-state index contributed by atoms with van der Waals surface area (Å²) >= 11 is 0. The van der Waals surface area contributed by atoms with Gasteiger partial charge in [0.15, 0.2) is 11.5 Å². The van der Waals surface area contributed by atoms with Gasteiger partial charge >= 0.3 is 0 Å². The average molecular weight is 251 g/mol. The van der Waals surface area contributed by atoms with Crippen molar-refractivity contribution in [1.82, 2.24) is 5.32 Å². The molecule has 0 fully saturated rings. The molecule has 0 bridgehead atoms. The smallest absolute Gasteiger partial charge is 0.160 e. The summed E-state index contributed by atoms with van der Waals surface area (Å²) in [7, 11) is 1.55. The normalized spacial score (nSPS) is 11.9. The SMILES string of the molecule is C=COCCCNC(C)c1ccc(O)c(OC)c1. The predicted molar refractivity (Wildman–Crippen MR) is 71.8 cm³/mol. The van der Waals surface area contributed by atoms with Crippen molar-refractivity contribution in [2.75, 3.05) is 20.3 Å². The molecule has 4 heteroatoms. The molecular formula is C14H21NO3. The highest BCUT2D eigenvalue weighted by molar-refractivity contribution is 5.42. The van der Waals surface area contributed by atoms with Crippen molar-refractivity contribution >= 4 is 0 Å². The molecule has 0 spiro atoms. The number of nitrogens with one attached hydrogen (secondary N) is 1. The molecule has 1 aromatic rings. The van der Waals surface area contributed by atoms with Crippen molar-refractivity contribution in [2.45, 2.75) is 19.4 Å². The van der Waals surface area contributed by atoms with Crippen LogP contribution in [0.2, 0.25) is 0 Å². The van der Waals surface area contributed by atoms with E-state index in [0.29, 0.717) is 12.4 Å². The number of ether oxygens (including phenoxy) is 2. The molecule has 1 aromatic carbocycles. The molecule has 0 aliphatic rings. The molecule has 0 heterocycles. The van der Waals surface area contributed by atoms with Crippen LogP contribution >= 0.6 is 0 Å². The van der Waals surface area contributed by atoms with Crippen LogP contribution in [0.25, 0.3) is 0 Å². The number of benzene rings is 1. The molecule has 2 N–H and O–H groups in total. The lowest BCUT2D eigenvalue weighted by molar-refractivity contribution is 0.243. The van der Waals surface area contributed by atoms with Gasteiger partial charge in [-0.1, -0.05) is 12.6 Å².